The highest BCUT2D eigenvalue weighted by Crippen LogP contribution is 2.34. The summed E-state index contributed by atoms with van der Waals surface area (Å²) in [5, 5.41) is 13.9. The second-order valence-electron chi connectivity index (χ2n) is 8.15. The van der Waals surface area contributed by atoms with Crippen LogP contribution in [0.25, 0.3) is 10.9 Å². The molecule has 1 saturated carbocycles. The van der Waals surface area contributed by atoms with Gasteiger partial charge in [0, 0.05) is 41.5 Å². The van der Waals surface area contributed by atoms with E-state index >= 15 is 0 Å². The predicted octanol–water partition coefficient (Wildman–Crippen LogP) is 4.54. The minimum absolute atomic E-state index is 0.0254. The second kappa shape index (κ2) is 8.48. The van der Waals surface area contributed by atoms with Gasteiger partial charge in [0.2, 0.25) is 0 Å². The minimum Gasteiger partial charge on any atom is -0.456 e. The number of carbonyl (C=O) groups is 2. The third-order valence-electron chi connectivity index (χ3n) is 6.12. The van der Waals surface area contributed by atoms with Crippen molar-refractivity contribution in [2.24, 2.45) is 0 Å². The SMILES string of the molecule is CCC(=O)c1cc(C(=O)NC2CCC(O)CC2)c(C(C)c2cccc3[nH]ccc23)o1. The first-order valence-electron chi connectivity index (χ1n) is 10.7. The van der Waals surface area contributed by atoms with Crippen LogP contribution in [0, 0.1) is 0 Å². The Morgan fingerprint density at radius 2 is 2.00 bits per heavy atom. The molecule has 2 heterocycles. The summed E-state index contributed by atoms with van der Waals surface area (Å²) in [5.41, 5.74) is 2.47. The molecule has 1 amide bonds. The van der Waals surface area contributed by atoms with Gasteiger partial charge in [0.05, 0.1) is 11.7 Å². The number of amides is 1. The molecule has 1 aliphatic carbocycles. The van der Waals surface area contributed by atoms with Crippen LogP contribution in [0.1, 0.15) is 84.1 Å². The summed E-state index contributed by atoms with van der Waals surface area (Å²) in [6, 6.07) is 9.62. The lowest BCUT2D eigenvalue weighted by Crippen LogP contribution is -2.38. The molecule has 0 aliphatic heterocycles. The molecule has 3 N–H and O–H groups in total. The maximum Gasteiger partial charge on any atom is 0.255 e. The van der Waals surface area contributed by atoms with Crippen molar-refractivity contribution in [2.75, 3.05) is 0 Å². The molecular formula is C24H28N2O4. The molecule has 1 atom stereocenters. The van der Waals surface area contributed by atoms with E-state index in [9.17, 15) is 14.7 Å². The van der Waals surface area contributed by atoms with Crippen LogP contribution in [0.15, 0.2) is 40.9 Å². The number of aromatic nitrogens is 1. The highest BCUT2D eigenvalue weighted by atomic mass is 16.3. The Morgan fingerprint density at radius 1 is 1.23 bits per heavy atom. The smallest absolute Gasteiger partial charge is 0.255 e. The van der Waals surface area contributed by atoms with Gasteiger partial charge >= 0.3 is 0 Å². The van der Waals surface area contributed by atoms with Crippen molar-refractivity contribution in [3.05, 3.63) is 59.2 Å². The number of hydrogen-bond donors (Lipinski definition) is 3. The van der Waals surface area contributed by atoms with Crippen LogP contribution < -0.4 is 5.32 Å². The molecule has 0 spiro atoms. The summed E-state index contributed by atoms with van der Waals surface area (Å²) in [6.45, 7) is 3.77. The summed E-state index contributed by atoms with van der Waals surface area (Å²) in [7, 11) is 0. The molecule has 1 fully saturated rings. The number of nitrogens with one attached hydrogen (secondary N) is 2. The average molecular weight is 408 g/mol. The molecule has 6 heteroatoms. The van der Waals surface area contributed by atoms with Gasteiger partial charge in [0.15, 0.2) is 11.5 Å². The number of aliphatic hydroxyl groups is 1. The van der Waals surface area contributed by atoms with Gasteiger partial charge in [-0.3, -0.25) is 9.59 Å². The molecule has 0 saturated heterocycles. The van der Waals surface area contributed by atoms with Crippen molar-refractivity contribution in [3.8, 4) is 0 Å². The van der Waals surface area contributed by atoms with E-state index in [4.69, 9.17) is 4.42 Å². The van der Waals surface area contributed by atoms with Crippen molar-refractivity contribution in [1.29, 1.82) is 0 Å². The highest BCUT2D eigenvalue weighted by Gasteiger charge is 2.28. The van der Waals surface area contributed by atoms with Gasteiger partial charge in [-0.2, -0.15) is 0 Å². The van der Waals surface area contributed by atoms with Crippen molar-refractivity contribution in [1.82, 2.24) is 10.3 Å². The van der Waals surface area contributed by atoms with Crippen LogP contribution in [-0.2, 0) is 0 Å². The third kappa shape index (κ3) is 3.92. The molecule has 1 aromatic carbocycles. The number of H-pyrrole nitrogens is 1. The van der Waals surface area contributed by atoms with Crippen LogP contribution in [-0.4, -0.2) is 33.9 Å². The van der Waals surface area contributed by atoms with Crippen LogP contribution in [0.5, 0.6) is 0 Å². The van der Waals surface area contributed by atoms with Gasteiger partial charge in [-0.15, -0.1) is 0 Å². The monoisotopic (exact) mass is 408 g/mol. The van der Waals surface area contributed by atoms with E-state index in [2.05, 4.69) is 10.3 Å². The first-order valence-corrected chi connectivity index (χ1v) is 10.7. The number of hydrogen-bond acceptors (Lipinski definition) is 4. The van der Waals surface area contributed by atoms with E-state index in [1.54, 1.807) is 13.0 Å². The molecule has 30 heavy (non-hydrogen) atoms. The summed E-state index contributed by atoms with van der Waals surface area (Å²) in [5.74, 6) is 0.192. The van der Waals surface area contributed by atoms with Crippen molar-refractivity contribution >= 4 is 22.6 Å². The molecule has 0 radical (unpaired) electrons. The molecular weight excluding hydrogens is 380 g/mol. The van der Waals surface area contributed by atoms with Gasteiger partial charge in [-0.25, -0.2) is 0 Å². The quantitative estimate of drug-likeness (QED) is 0.522. The van der Waals surface area contributed by atoms with Gasteiger partial charge in [0.25, 0.3) is 5.91 Å². The highest BCUT2D eigenvalue weighted by molar-refractivity contribution is 6.00. The predicted molar refractivity (Wildman–Crippen MR) is 115 cm³/mol. The average Bonchev–Trinajstić information content (AvgIpc) is 3.41. The van der Waals surface area contributed by atoms with Gasteiger partial charge in [0.1, 0.15) is 5.76 Å². The number of ketones is 1. The first kappa shape index (κ1) is 20.4. The van der Waals surface area contributed by atoms with E-state index in [-0.39, 0.29) is 35.5 Å². The van der Waals surface area contributed by atoms with Crippen molar-refractivity contribution in [2.45, 2.75) is 64.0 Å². The lowest BCUT2D eigenvalue weighted by atomic mass is 9.91. The number of fused-ring (bicyclic) bond motifs is 1. The fourth-order valence-corrected chi connectivity index (χ4v) is 4.33. The third-order valence-corrected chi connectivity index (χ3v) is 6.12. The van der Waals surface area contributed by atoms with E-state index in [0.717, 1.165) is 29.3 Å². The fraction of sp³-hybridized carbons (Fsp3) is 0.417. The zero-order valence-corrected chi connectivity index (χ0v) is 17.4. The Labute approximate surface area is 175 Å². The summed E-state index contributed by atoms with van der Waals surface area (Å²) in [6.07, 6.45) is 4.80. The normalized spacial score (nSPS) is 20.2. The van der Waals surface area contributed by atoms with Crippen LogP contribution in [0.2, 0.25) is 0 Å². The lowest BCUT2D eigenvalue weighted by Gasteiger charge is -2.26. The number of rotatable bonds is 6. The lowest BCUT2D eigenvalue weighted by molar-refractivity contribution is 0.0865. The van der Waals surface area contributed by atoms with E-state index in [1.807, 2.05) is 37.4 Å². The van der Waals surface area contributed by atoms with Gasteiger partial charge in [-0.1, -0.05) is 26.0 Å². The minimum atomic E-state index is -0.279. The van der Waals surface area contributed by atoms with Crippen molar-refractivity contribution in [3.63, 3.8) is 0 Å². The summed E-state index contributed by atoms with van der Waals surface area (Å²) < 4.78 is 5.98. The van der Waals surface area contributed by atoms with Gasteiger partial charge < -0.3 is 19.8 Å². The summed E-state index contributed by atoms with van der Waals surface area (Å²) >= 11 is 0. The van der Waals surface area contributed by atoms with Crippen LogP contribution in [0.4, 0.5) is 0 Å². The fourth-order valence-electron chi connectivity index (χ4n) is 4.33. The Hall–Kier alpha value is -2.86. The molecule has 1 aliphatic rings. The Morgan fingerprint density at radius 3 is 2.73 bits per heavy atom. The maximum absolute atomic E-state index is 13.1. The molecule has 0 bridgehead atoms. The number of aromatic amines is 1. The molecule has 2 aromatic heterocycles. The maximum atomic E-state index is 13.1. The zero-order valence-electron chi connectivity index (χ0n) is 17.4. The number of benzene rings is 1. The van der Waals surface area contributed by atoms with Crippen molar-refractivity contribution < 1.29 is 19.1 Å². The van der Waals surface area contributed by atoms with Crippen LogP contribution >= 0.6 is 0 Å². The van der Waals surface area contributed by atoms with Gasteiger partial charge in [-0.05, 0) is 43.4 Å². The van der Waals surface area contributed by atoms with E-state index < -0.39 is 0 Å². The number of Topliss-reactive ketones (excluding diaryl/α,β-unsaturated/α-hetero) is 1. The Kier molecular flexibility index (Phi) is 5.77. The largest absolute Gasteiger partial charge is 0.456 e. The van der Waals surface area contributed by atoms with E-state index in [0.29, 0.717) is 30.6 Å². The standard InChI is InChI=1S/C24H28N2O4/c1-3-21(28)22-13-19(24(29)26-15-7-9-16(27)10-8-15)23(30-22)14(2)17-5-4-6-20-18(17)11-12-25-20/h4-6,11-16,25,27H,3,7-10H2,1-2H3,(H,26,29). The number of furan rings is 1. The first-order chi connectivity index (χ1) is 14.5. The molecule has 6 nitrogen and oxygen atoms in total. The molecule has 3 aromatic rings. The topological polar surface area (TPSA) is 95.3 Å². The number of aliphatic hydroxyl groups excluding tert-OH is 1. The summed E-state index contributed by atoms with van der Waals surface area (Å²) in [4.78, 5) is 28.6. The zero-order chi connectivity index (χ0) is 21.3. The Bertz CT molecular complexity index is 1060. The molecule has 1 unspecified atom stereocenters. The number of carbonyl (C=O) groups excluding carboxylic acids is 2. The molecule has 158 valence electrons. The second-order valence-corrected chi connectivity index (χ2v) is 8.15. The Balaban J connectivity index is 1.68. The van der Waals surface area contributed by atoms with E-state index in [1.165, 1.54) is 0 Å². The van der Waals surface area contributed by atoms with Crippen LogP contribution in [0.3, 0.4) is 0 Å². The molecule has 4 rings (SSSR count).